The third-order valence-electron chi connectivity index (χ3n) is 6.28. The van der Waals surface area contributed by atoms with Crippen molar-refractivity contribution in [2.24, 2.45) is 5.10 Å². The van der Waals surface area contributed by atoms with Gasteiger partial charge in [0.2, 0.25) is 5.91 Å². The SMILES string of the molecule is CC(=O)N1N=C(c2c(C)nc3ccccc3c2-c2ccc(Cl)cc2)CC1c1ccccc1C. The van der Waals surface area contributed by atoms with Gasteiger partial charge in [-0.3, -0.25) is 9.78 Å². The maximum atomic E-state index is 12.6. The molecule has 0 radical (unpaired) electrons. The number of aryl methyl sites for hydroxylation is 2. The summed E-state index contributed by atoms with van der Waals surface area (Å²) in [5.74, 6) is -0.0716. The summed E-state index contributed by atoms with van der Waals surface area (Å²) >= 11 is 6.19. The van der Waals surface area contributed by atoms with Crippen LogP contribution in [0, 0.1) is 13.8 Å². The van der Waals surface area contributed by atoms with E-state index in [0.717, 1.165) is 50.1 Å². The molecule has 1 aromatic heterocycles. The minimum atomic E-state index is -0.136. The smallest absolute Gasteiger partial charge is 0.240 e. The van der Waals surface area contributed by atoms with Gasteiger partial charge in [0.25, 0.3) is 0 Å². The zero-order valence-electron chi connectivity index (χ0n) is 18.8. The minimum absolute atomic E-state index is 0.0716. The highest BCUT2D eigenvalue weighted by Gasteiger charge is 2.34. The van der Waals surface area contributed by atoms with Crippen LogP contribution in [0.2, 0.25) is 5.02 Å². The summed E-state index contributed by atoms with van der Waals surface area (Å²) < 4.78 is 0. The van der Waals surface area contributed by atoms with Gasteiger partial charge in [0, 0.05) is 40.6 Å². The molecule has 33 heavy (non-hydrogen) atoms. The summed E-state index contributed by atoms with van der Waals surface area (Å²) in [6.07, 6.45) is 0.631. The summed E-state index contributed by atoms with van der Waals surface area (Å²) in [6, 6.07) is 24.1. The van der Waals surface area contributed by atoms with E-state index in [0.29, 0.717) is 11.4 Å². The van der Waals surface area contributed by atoms with Gasteiger partial charge >= 0.3 is 0 Å². The highest BCUT2D eigenvalue weighted by molar-refractivity contribution is 6.30. The number of pyridine rings is 1. The second-order valence-electron chi connectivity index (χ2n) is 8.46. The lowest BCUT2D eigenvalue weighted by atomic mass is 9.88. The summed E-state index contributed by atoms with van der Waals surface area (Å²) in [5, 5.41) is 8.23. The Morgan fingerprint density at radius 1 is 0.939 bits per heavy atom. The first-order valence-corrected chi connectivity index (χ1v) is 11.4. The molecule has 0 saturated heterocycles. The van der Waals surface area contributed by atoms with E-state index in [4.69, 9.17) is 21.7 Å². The molecule has 1 aliphatic heterocycles. The number of hydrogen-bond donors (Lipinski definition) is 0. The molecule has 1 amide bonds. The molecule has 1 aliphatic rings. The molecule has 5 heteroatoms. The van der Waals surface area contributed by atoms with Crippen LogP contribution in [0.25, 0.3) is 22.0 Å². The largest absolute Gasteiger partial charge is 0.273 e. The number of amides is 1. The molecule has 1 atom stereocenters. The monoisotopic (exact) mass is 453 g/mol. The molecule has 1 unspecified atom stereocenters. The Labute approximate surface area is 198 Å². The molecule has 0 fully saturated rings. The molecule has 0 bridgehead atoms. The second kappa shape index (κ2) is 8.45. The van der Waals surface area contributed by atoms with E-state index in [1.807, 2.05) is 61.5 Å². The van der Waals surface area contributed by atoms with E-state index < -0.39 is 0 Å². The van der Waals surface area contributed by atoms with Crippen LogP contribution in [0.1, 0.15) is 41.8 Å². The van der Waals surface area contributed by atoms with Gasteiger partial charge in [-0.1, -0.05) is 66.2 Å². The predicted octanol–water partition coefficient (Wildman–Crippen LogP) is 6.87. The topological polar surface area (TPSA) is 45.6 Å². The highest BCUT2D eigenvalue weighted by Crippen LogP contribution is 2.40. The minimum Gasteiger partial charge on any atom is -0.273 e. The fourth-order valence-corrected chi connectivity index (χ4v) is 4.88. The third kappa shape index (κ3) is 3.81. The van der Waals surface area contributed by atoms with Crippen LogP contribution in [0.3, 0.4) is 0 Å². The van der Waals surface area contributed by atoms with Crippen LogP contribution >= 0.6 is 11.6 Å². The normalized spacial score (nSPS) is 15.7. The molecule has 4 aromatic rings. The Morgan fingerprint density at radius 2 is 1.64 bits per heavy atom. The van der Waals surface area contributed by atoms with Crippen molar-refractivity contribution < 1.29 is 4.79 Å². The fourth-order valence-electron chi connectivity index (χ4n) is 4.76. The lowest BCUT2D eigenvalue weighted by molar-refractivity contribution is -0.130. The molecule has 0 aliphatic carbocycles. The average molecular weight is 454 g/mol. The Morgan fingerprint density at radius 3 is 2.36 bits per heavy atom. The molecule has 4 nitrogen and oxygen atoms in total. The summed E-state index contributed by atoms with van der Waals surface area (Å²) in [5.41, 5.74) is 8.07. The molecule has 0 spiro atoms. The van der Waals surface area contributed by atoms with Crippen LogP contribution < -0.4 is 0 Å². The Bertz CT molecular complexity index is 1410. The number of hydrogen-bond acceptors (Lipinski definition) is 3. The predicted molar refractivity (Wildman–Crippen MR) is 135 cm³/mol. The number of nitrogens with zero attached hydrogens (tertiary/aromatic N) is 3. The van der Waals surface area contributed by atoms with Gasteiger partial charge in [-0.05, 0) is 48.7 Å². The van der Waals surface area contributed by atoms with Crippen LogP contribution in [0.15, 0.2) is 77.9 Å². The zero-order chi connectivity index (χ0) is 23.1. The van der Waals surface area contributed by atoms with Crippen molar-refractivity contribution in [2.45, 2.75) is 33.2 Å². The van der Waals surface area contributed by atoms with Crippen molar-refractivity contribution >= 4 is 34.1 Å². The third-order valence-corrected chi connectivity index (χ3v) is 6.53. The number of halogens is 1. The first kappa shape index (κ1) is 21.4. The van der Waals surface area contributed by atoms with Crippen molar-refractivity contribution in [3.63, 3.8) is 0 Å². The number of fused-ring (bicyclic) bond motifs is 1. The molecule has 0 saturated carbocycles. The molecule has 5 rings (SSSR count). The number of rotatable bonds is 3. The van der Waals surface area contributed by atoms with E-state index in [-0.39, 0.29) is 11.9 Å². The van der Waals surface area contributed by atoms with Crippen LogP contribution in [-0.4, -0.2) is 21.6 Å². The standard InChI is InChI=1S/C28H24ClN3O/c1-17-8-4-5-9-22(17)26-16-25(31-32(26)19(3)33)27-18(2)30-24-11-7-6-10-23(24)28(27)20-12-14-21(29)15-13-20/h4-15,26H,16H2,1-3H3. The highest BCUT2D eigenvalue weighted by atomic mass is 35.5. The number of hydrazone groups is 1. The van der Waals surface area contributed by atoms with E-state index in [1.54, 1.807) is 11.9 Å². The summed E-state index contributed by atoms with van der Waals surface area (Å²) in [4.78, 5) is 17.5. The van der Waals surface area contributed by atoms with Crippen LogP contribution in [-0.2, 0) is 4.79 Å². The first-order chi connectivity index (χ1) is 15.9. The Balaban J connectivity index is 1.73. The summed E-state index contributed by atoms with van der Waals surface area (Å²) in [6.45, 7) is 5.67. The van der Waals surface area contributed by atoms with E-state index >= 15 is 0 Å². The van der Waals surface area contributed by atoms with Gasteiger partial charge in [0.1, 0.15) is 0 Å². The van der Waals surface area contributed by atoms with Gasteiger partial charge < -0.3 is 0 Å². The molecule has 0 N–H and O–H groups in total. The number of aromatic nitrogens is 1. The molecule has 2 heterocycles. The molecular formula is C28H24ClN3O. The van der Waals surface area contributed by atoms with Gasteiger partial charge in [0.05, 0.1) is 17.3 Å². The fraction of sp³-hybridized carbons (Fsp3) is 0.179. The van der Waals surface area contributed by atoms with Crippen molar-refractivity contribution in [1.82, 2.24) is 9.99 Å². The van der Waals surface area contributed by atoms with E-state index in [9.17, 15) is 4.79 Å². The van der Waals surface area contributed by atoms with Gasteiger partial charge in [-0.2, -0.15) is 5.10 Å². The number of benzene rings is 3. The quantitative estimate of drug-likeness (QED) is 0.339. The molecular weight excluding hydrogens is 430 g/mol. The Kier molecular flexibility index (Phi) is 5.47. The first-order valence-electron chi connectivity index (χ1n) is 11.0. The second-order valence-corrected chi connectivity index (χ2v) is 8.89. The zero-order valence-corrected chi connectivity index (χ0v) is 19.6. The maximum Gasteiger partial charge on any atom is 0.240 e. The summed E-state index contributed by atoms with van der Waals surface area (Å²) in [7, 11) is 0. The van der Waals surface area contributed by atoms with Gasteiger partial charge in [-0.25, -0.2) is 5.01 Å². The van der Waals surface area contributed by atoms with Gasteiger partial charge in [-0.15, -0.1) is 0 Å². The number of carbonyl (C=O) groups is 1. The van der Waals surface area contributed by atoms with Gasteiger partial charge in [0.15, 0.2) is 0 Å². The molecule has 164 valence electrons. The van der Waals surface area contributed by atoms with Crippen molar-refractivity contribution in [3.8, 4) is 11.1 Å². The number of para-hydroxylation sites is 1. The Hall–Kier alpha value is -3.50. The van der Waals surface area contributed by atoms with Crippen LogP contribution in [0.5, 0.6) is 0 Å². The molecule has 3 aromatic carbocycles. The lowest BCUT2D eigenvalue weighted by Gasteiger charge is -2.22. The van der Waals surface area contributed by atoms with Crippen LogP contribution in [0.4, 0.5) is 0 Å². The van der Waals surface area contributed by atoms with Crippen molar-refractivity contribution in [3.05, 3.63) is 100 Å². The number of carbonyl (C=O) groups excluding carboxylic acids is 1. The van der Waals surface area contributed by atoms with E-state index in [1.165, 1.54) is 0 Å². The van der Waals surface area contributed by atoms with Crippen molar-refractivity contribution in [1.29, 1.82) is 0 Å². The maximum absolute atomic E-state index is 12.6. The van der Waals surface area contributed by atoms with Crippen molar-refractivity contribution in [2.75, 3.05) is 0 Å². The van der Waals surface area contributed by atoms with E-state index in [2.05, 4.69) is 25.1 Å². The average Bonchev–Trinajstić information content (AvgIpc) is 3.24. The lowest BCUT2D eigenvalue weighted by Crippen LogP contribution is -2.24.